The number of hydrogen-bond donors (Lipinski definition) is 2. The second-order valence-corrected chi connectivity index (χ2v) is 5.70. The zero-order valence-corrected chi connectivity index (χ0v) is 11.8. The molecule has 1 amide bonds. The van der Waals surface area contributed by atoms with Crippen LogP contribution in [0.2, 0.25) is 0 Å². The molecule has 0 bridgehead atoms. The highest BCUT2D eigenvalue weighted by Crippen LogP contribution is 2.15. The van der Waals surface area contributed by atoms with Gasteiger partial charge in [0.2, 0.25) is 0 Å². The van der Waals surface area contributed by atoms with Gasteiger partial charge in [-0.25, -0.2) is 0 Å². The Morgan fingerprint density at radius 3 is 2.10 bits per heavy atom. The van der Waals surface area contributed by atoms with E-state index in [-0.39, 0.29) is 10.8 Å². The maximum Gasteiger partial charge on any atom is 0.294 e. The van der Waals surface area contributed by atoms with E-state index >= 15 is 0 Å². The van der Waals surface area contributed by atoms with Crippen LogP contribution in [0.15, 0.2) is 60.0 Å². The molecule has 0 saturated heterocycles. The van der Waals surface area contributed by atoms with Crippen molar-refractivity contribution in [3.8, 4) is 0 Å². The Balaban J connectivity index is 2.13. The monoisotopic (exact) mass is 303 g/mol. The van der Waals surface area contributed by atoms with Gasteiger partial charge in [0, 0.05) is 11.3 Å². The molecule has 0 spiro atoms. The average molecular weight is 303 g/mol. The van der Waals surface area contributed by atoms with Crippen LogP contribution in [0.3, 0.4) is 0 Å². The first-order valence-corrected chi connectivity index (χ1v) is 7.45. The van der Waals surface area contributed by atoms with Crippen molar-refractivity contribution in [3.05, 3.63) is 66.2 Å². The second-order valence-electron chi connectivity index (χ2n) is 4.28. The normalized spacial score (nSPS) is 10.9. The molecule has 5 nitrogen and oxygen atoms in total. The summed E-state index contributed by atoms with van der Waals surface area (Å²) in [4.78, 5) is 11.8. The van der Waals surface area contributed by atoms with E-state index in [0.29, 0.717) is 11.3 Å². The first-order chi connectivity index (χ1) is 9.90. The predicted molar refractivity (Wildman–Crippen MR) is 80.7 cm³/mol. The summed E-state index contributed by atoms with van der Waals surface area (Å²) in [6, 6.07) is 12.1. The van der Waals surface area contributed by atoms with Gasteiger partial charge >= 0.3 is 0 Å². The first-order valence-electron chi connectivity index (χ1n) is 6.01. The minimum atomic E-state index is -4.23. The fraction of sp³-hybridized carbons (Fsp3) is 0. The highest BCUT2D eigenvalue weighted by atomic mass is 32.2. The highest BCUT2D eigenvalue weighted by molar-refractivity contribution is 7.85. The quantitative estimate of drug-likeness (QED) is 0.851. The van der Waals surface area contributed by atoms with Crippen molar-refractivity contribution in [2.75, 3.05) is 5.32 Å². The van der Waals surface area contributed by atoms with Crippen LogP contribution in [0.5, 0.6) is 0 Å². The number of rotatable bonds is 4. The molecule has 0 saturated carbocycles. The smallest absolute Gasteiger partial charge is 0.294 e. The standard InChI is InChI=1S/C15H13NO4S/c1-2-11-3-5-12(6-4-11)15(17)16-13-7-9-14(10-8-13)21(18,19)20/h2-10H,1H2,(H,16,17)(H,18,19,20). The predicted octanol–water partition coefficient (Wildman–Crippen LogP) is 2.83. The van der Waals surface area contributed by atoms with Crippen molar-refractivity contribution in [1.29, 1.82) is 0 Å². The van der Waals surface area contributed by atoms with Gasteiger partial charge in [0.25, 0.3) is 16.0 Å². The number of anilines is 1. The Kier molecular flexibility index (Phi) is 4.21. The van der Waals surface area contributed by atoms with Crippen LogP contribution in [0.25, 0.3) is 6.08 Å². The van der Waals surface area contributed by atoms with Gasteiger partial charge < -0.3 is 5.32 Å². The zero-order valence-electron chi connectivity index (χ0n) is 11.0. The lowest BCUT2D eigenvalue weighted by Crippen LogP contribution is -2.11. The van der Waals surface area contributed by atoms with Crippen LogP contribution in [0.4, 0.5) is 5.69 Å². The van der Waals surface area contributed by atoms with Crippen molar-refractivity contribution >= 4 is 27.8 Å². The molecule has 21 heavy (non-hydrogen) atoms. The topological polar surface area (TPSA) is 83.5 Å². The van der Waals surface area contributed by atoms with E-state index in [1.54, 1.807) is 30.3 Å². The van der Waals surface area contributed by atoms with E-state index in [4.69, 9.17) is 4.55 Å². The van der Waals surface area contributed by atoms with Crippen molar-refractivity contribution in [3.63, 3.8) is 0 Å². The molecule has 0 atom stereocenters. The first kappa shape index (κ1) is 15.0. The third kappa shape index (κ3) is 3.77. The summed E-state index contributed by atoms with van der Waals surface area (Å²) in [5, 5.41) is 2.63. The molecule has 0 heterocycles. The fourth-order valence-corrected chi connectivity index (χ4v) is 2.16. The number of hydrogen-bond acceptors (Lipinski definition) is 3. The van der Waals surface area contributed by atoms with Crippen molar-refractivity contribution < 1.29 is 17.8 Å². The number of carbonyl (C=O) groups is 1. The maximum absolute atomic E-state index is 12.0. The number of carbonyl (C=O) groups excluding carboxylic acids is 1. The molecule has 0 aliphatic rings. The molecule has 0 fully saturated rings. The summed E-state index contributed by atoms with van der Waals surface area (Å²) >= 11 is 0. The van der Waals surface area contributed by atoms with Crippen molar-refractivity contribution in [2.24, 2.45) is 0 Å². The number of nitrogens with one attached hydrogen (secondary N) is 1. The van der Waals surface area contributed by atoms with Gasteiger partial charge in [0.05, 0.1) is 4.90 Å². The summed E-state index contributed by atoms with van der Waals surface area (Å²) < 4.78 is 30.7. The van der Waals surface area contributed by atoms with E-state index in [0.717, 1.165) is 5.56 Å². The molecule has 108 valence electrons. The van der Waals surface area contributed by atoms with E-state index in [9.17, 15) is 13.2 Å². The number of benzene rings is 2. The molecular weight excluding hydrogens is 290 g/mol. The Bertz CT molecular complexity index is 762. The molecule has 0 radical (unpaired) electrons. The average Bonchev–Trinajstić information content (AvgIpc) is 2.47. The van der Waals surface area contributed by atoms with Gasteiger partial charge in [-0.3, -0.25) is 9.35 Å². The van der Waals surface area contributed by atoms with E-state index in [1.165, 1.54) is 24.3 Å². The van der Waals surface area contributed by atoms with Gasteiger partial charge in [0.1, 0.15) is 0 Å². The largest absolute Gasteiger partial charge is 0.322 e. The summed E-state index contributed by atoms with van der Waals surface area (Å²) in [5.41, 5.74) is 1.81. The molecule has 0 aliphatic carbocycles. The zero-order chi connectivity index (χ0) is 15.5. The van der Waals surface area contributed by atoms with Crippen LogP contribution < -0.4 is 5.32 Å². The molecule has 2 rings (SSSR count). The lowest BCUT2D eigenvalue weighted by atomic mass is 10.1. The minimum absolute atomic E-state index is 0.226. The molecule has 2 N–H and O–H groups in total. The second kappa shape index (κ2) is 5.90. The molecule has 6 heteroatoms. The SMILES string of the molecule is C=Cc1ccc(C(=O)Nc2ccc(S(=O)(=O)O)cc2)cc1. The van der Waals surface area contributed by atoms with Gasteiger partial charge in [-0.2, -0.15) is 8.42 Å². The van der Waals surface area contributed by atoms with E-state index in [2.05, 4.69) is 11.9 Å². The lowest BCUT2D eigenvalue weighted by molar-refractivity contribution is 0.102. The van der Waals surface area contributed by atoms with Crippen LogP contribution in [-0.4, -0.2) is 18.9 Å². The molecule has 2 aromatic rings. The van der Waals surface area contributed by atoms with E-state index in [1.807, 2.05) is 0 Å². The minimum Gasteiger partial charge on any atom is -0.322 e. The number of amides is 1. The van der Waals surface area contributed by atoms with Crippen LogP contribution >= 0.6 is 0 Å². The van der Waals surface area contributed by atoms with Crippen LogP contribution in [0, 0.1) is 0 Å². The summed E-state index contributed by atoms with van der Waals surface area (Å²) in [7, 11) is -4.23. The molecule has 2 aromatic carbocycles. The maximum atomic E-state index is 12.0. The van der Waals surface area contributed by atoms with Gasteiger partial charge in [-0.05, 0) is 42.0 Å². The Hall–Kier alpha value is -2.44. The van der Waals surface area contributed by atoms with E-state index < -0.39 is 10.1 Å². The molecule has 0 aromatic heterocycles. The van der Waals surface area contributed by atoms with Gasteiger partial charge in [-0.15, -0.1) is 0 Å². The molecule has 0 aliphatic heterocycles. The van der Waals surface area contributed by atoms with Crippen LogP contribution in [0.1, 0.15) is 15.9 Å². The highest BCUT2D eigenvalue weighted by Gasteiger charge is 2.10. The van der Waals surface area contributed by atoms with Crippen molar-refractivity contribution in [2.45, 2.75) is 4.90 Å². The summed E-state index contributed by atoms with van der Waals surface area (Å²) in [6.07, 6.45) is 1.68. The summed E-state index contributed by atoms with van der Waals surface area (Å²) in [6.45, 7) is 3.63. The third-order valence-corrected chi connectivity index (χ3v) is 3.69. The Labute approximate surface area is 122 Å². The van der Waals surface area contributed by atoms with Crippen LogP contribution in [-0.2, 0) is 10.1 Å². The lowest BCUT2D eigenvalue weighted by Gasteiger charge is -2.06. The third-order valence-electron chi connectivity index (χ3n) is 2.82. The molecule has 0 unspecified atom stereocenters. The molecular formula is C15H13NO4S. The van der Waals surface area contributed by atoms with Gasteiger partial charge in [-0.1, -0.05) is 24.8 Å². The van der Waals surface area contributed by atoms with Crippen molar-refractivity contribution in [1.82, 2.24) is 0 Å². The van der Waals surface area contributed by atoms with Gasteiger partial charge in [0.15, 0.2) is 0 Å². The summed E-state index contributed by atoms with van der Waals surface area (Å²) in [5.74, 6) is -0.315. The fourth-order valence-electron chi connectivity index (χ4n) is 1.68. The Morgan fingerprint density at radius 2 is 1.62 bits per heavy atom. The Morgan fingerprint density at radius 1 is 1.05 bits per heavy atom.